The topological polar surface area (TPSA) is 38.8 Å². The van der Waals surface area contributed by atoms with Crippen molar-refractivity contribution in [3.8, 4) is 11.5 Å². The van der Waals surface area contributed by atoms with Crippen molar-refractivity contribution < 1.29 is 14.3 Å². The minimum atomic E-state index is 0.215. The number of carbonyl (C=O) groups is 1. The Balaban J connectivity index is 1.51. The van der Waals surface area contributed by atoms with Gasteiger partial charge in [0, 0.05) is 23.4 Å². The molecular weight excluding hydrogens is 394 g/mol. The van der Waals surface area contributed by atoms with Crippen molar-refractivity contribution in [1.82, 2.24) is 4.90 Å². The maximum absolute atomic E-state index is 13.5. The summed E-state index contributed by atoms with van der Waals surface area (Å²) in [6.07, 6.45) is 10.5. The number of rotatable bonds is 8. The van der Waals surface area contributed by atoms with E-state index in [0.29, 0.717) is 25.1 Å². The summed E-state index contributed by atoms with van der Waals surface area (Å²) in [4.78, 5) is 16.8. The van der Waals surface area contributed by atoms with Gasteiger partial charge >= 0.3 is 0 Å². The minimum Gasteiger partial charge on any atom is -0.493 e. The lowest BCUT2D eigenvalue weighted by Crippen LogP contribution is -2.42. The first-order chi connectivity index (χ1) is 14.7. The molecule has 2 aromatic rings. The van der Waals surface area contributed by atoms with Crippen molar-refractivity contribution in [2.24, 2.45) is 5.92 Å². The van der Waals surface area contributed by atoms with E-state index in [1.54, 1.807) is 18.4 Å². The van der Waals surface area contributed by atoms with Gasteiger partial charge in [0.2, 0.25) is 5.91 Å². The Labute approximate surface area is 184 Å². The number of nitrogens with zero attached hydrogens (tertiary/aromatic N) is 1. The van der Waals surface area contributed by atoms with Gasteiger partial charge in [0.05, 0.1) is 7.11 Å². The van der Waals surface area contributed by atoms with Crippen LogP contribution in [0.3, 0.4) is 0 Å². The van der Waals surface area contributed by atoms with Gasteiger partial charge in [-0.1, -0.05) is 44.2 Å². The largest absolute Gasteiger partial charge is 0.493 e. The number of carbonyl (C=O) groups excluding carboxylic acids is 1. The molecule has 2 aliphatic rings. The smallest absolute Gasteiger partial charge is 0.226 e. The summed E-state index contributed by atoms with van der Waals surface area (Å²) in [6, 6.07) is 10.6. The summed E-state index contributed by atoms with van der Waals surface area (Å²) < 4.78 is 11.6. The first-order valence-electron chi connectivity index (χ1n) is 11.4. The summed E-state index contributed by atoms with van der Waals surface area (Å²) in [7, 11) is 1.67. The molecule has 30 heavy (non-hydrogen) atoms. The third-order valence-electron chi connectivity index (χ3n) is 6.53. The van der Waals surface area contributed by atoms with Gasteiger partial charge < -0.3 is 14.4 Å². The second-order valence-electron chi connectivity index (χ2n) is 8.59. The summed E-state index contributed by atoms with van der Waals surface area (Å²) in [5.74, 6) is 2.08. The molecule has 1 heterocycles. The highest BCUT2D eigenvalue weighted by Gasteiger charge is 2.32. The van der Waals surface area contributed by atoms with Crippen molar-refractivity contribution in [1.29, 1.82) is 0 Å². The van der Waals surface area contributed by atoms with E-state index in [4.69, 9.17) is 9.47 Å². The Kier molecular flexibility index (Phi) is 7.32. The van der Waals surface area contributed by atoms with Crippen LogP contribution in [0.1, 0.15) is 68.2 Å². The van der Waals surface area contributed by atoms with Gasteiger partial charge in [0.15, 0.2) is 11.5 Å². The van der Waals surface area contributed by atoms with Gasteiger partial charge in [0.1, 0.15) is 6.61 Å². The number of ether oxygens (including phenoxy) is 2. The second-order valence-corrected chi connectivity index (χ2v) is 9.62. The van der Waals surface area contributed by atoms with Crippen LogP contribution >= 0.6 is 11.3 Å². The molecule has 2 aliphatic carbocycles. The lowest BCUT2D eigenvalue weighted by atomic mass is 9.87. The van der Waals surface area contributed by atoms with E-state index in [-0.39, 0.29) is 5.92 Å². The summed E-state index contributed by atoms with van der Waals surface area (Å²) >= 11 is 1.69. The van der Waals surface area contributed by atoms with Crippen molar-refractivity contribution in [3.63, 3.8) is 0 Å². The van der Waals surface area contributed by atoms with E-state index in [9.17, 15) is 4.79 Å². The van der Waals surface area contributed by atoms with E-state index in [1.807, 2.05) is 12.1 Å². The Hall–Kier alpha value is -2.01. The first-order valence-corrected chi connectivity index (χ1v) is 12.2. The van der Waals surface area contributed by atoms with Crippen molar-refractivity contribution in [2.45, 2.75) is 77.0 Å². The molecule has 1 aromatic carbocycles. The molecule has 4 nitrogen and oxygen atoms in total. The summed E-state index contributed by atoms with van der Waals surface area (Å²) in [5, 5.41) is 2.06. The Morgan fingerprint density at radius 3 is 2.50 bits per heavy atom. The molecule has 0 spiro atoms. The van der Waals surface area contributed by atoms with Gasteiger partial charge in [-0.2, -0.15) is 0 Å². The minimum absolute atomic E-state index is 0.215. The number of benzene rings is 1. The molecule has 0 N–H and O–H groups in total. The predicted octanol–water partition coefficient (Wildman–Crippen LogP) is 6.19. The molecule has 1 amide bonds. The van der Waals surface area contributed by atoms with E-state index >= 15 is 0 Å². The normalized spacial score (nSPS) is 17.8. The number of methoxy groups -OCH3 is 1. The molecule has 4 rings (SSSR count). The van der Waals surface area contributed by atoms with Crippen LogP contribution in [0.15, 0.2) is 35.7 Å². The van der Waals surface area contributed by atoms with Crippen molar-refractivity contribution in [3.05, 3.63) is 46.2 Å². The molecule has 0 atom stereocenters. The molecule has 162 valence electrons. The van der Waals surface area contributed by atoms with Crippen molar-refractivity contribution >= 4 is 17.2 Å². The lowest BCUT2D eigenvalue weighted by Gasteiger charge is -2.34. The number of thiophene rings is 1. The number of hydrogen-bond donors (Lipinski definition) is 0. The Morgan fingerprint density at radius 1 is 1.03 bits per heavy atom. The third kappa shape index (κ3) is 5.18. The van der Waals surface area contributed by atoms with Gasteiger partial charge in [-0.25, -0.2) is 0 Å². The van der Waals surface area contributed by atoms with Gasteiger partial charge in [-0.15, -0.1) is 11.3 Å². The maximum Gasteiger partial charge on any atom is 0.226 e. The maximum atomic E-state index is 13.5. The van der Waals surface area contributed by atoms with E-state index in [0.717, 1.165) is 42.7 Å². The standard InChI is InChI=1S/C25H33NO3S/c1-28-23-14-13-19(16-24(23)29-18-22-12-7-15-30-22)17-26(21-10-5-6-11-21)25(27)20-8-3-2-4-9-20/h7,12-16,20-21H,2-6,8-11,17-18H2,1H3. The monoisotopic (exact) mass is 427 g/mol. The molecular formula is C25H33NO3S. The average Bonchev–Trinajstić information content (AvgIpc) is 3.51. The Morgan fingerprint density at radius 2 is 1.80 bits per heavy atom. The zero-order valence-electron chi connectivity index (χ0n) is 18.0. The average molecular weight is 428 g/mol. The predicted molar refractivity (Wildman–Crippen MR) is 121 cm³/mol. The number of amides is 1. The molecule has 2 fully saturated rings. The fourth-order valence-corrected chi connectivity index (χ4v) is 5.48. The van der Waals surface area contributed by atoms with Crippen LogP contribution in [0.5, 0.6) is 11.5 Å². The zero-order chi connectivity index (χ0) is 20.8. The highest BCUT2D eigenvalue weighted by atomic mass is 32.1. The molecule has 5 heteroatoms. The van der Waals surface area contributed by atoms with Crippen molar-refractivity contribution in [2.75, 3.05) is 7.11 Å². The Bertz CT molecular complexity index is 808. The van der Waals surface area contributed by atoms with Crippen LogP contribution in [-0.4, -0.2) is 24.0 Å². The molecule has 0 saturated heterocycles. The summed E-state index contributed by atoms with van der Waals surface area (Å²) in [6.45, 7) is 1.20. The fraction of sp³-hybridized carbons (Fsp3) is 0.560. The fourth-order valence-electron chi connectivity index (χ4n) is 4.86. The van der Waals surface area contributed by atoms with Crippen LogP contribution in [0.4, 0.5) is 0 Å². The molecule has 0 aliphatic heterocycles. The highest BCUT2D eigenvalue weighted by Crippen LogP contribution is 2.33. The zero-order valence-corrected chi connectivity index (χ0v) is 18.8. The summed E-state index contributed by atoms with van der Waals surface area (Å²) in [5.41, 5.74) is 1.12. The molecule has 0 radical (unpaired) electrons. The number of hydrogen-bond acceptors (Lipinski definition) is 4. The van der Waals surface area contributed by atoms with E-state index in [1.165, 1.54) is 37.0 Å². The SMILES string of the molecule is COc1ccc(CN(C(=O)C2CCCCC2)C2CCCC2)cc1OCc1cccs1. The molecule has 0 bridgehead atoms. The third-order valence-corrected chi connectivity index (χ3v) is 7.38. The van der Waals surface area contributed by atoms with Crippen LogP contribution in [0.2, 0.25) is 0 Å². The van der Waals surface area contributed by atoms with Gasteiger partial charge in [-0.3, -0.25) is 4.79 Å². The van der Waals surface area contributed by atoms with Gasteiger partial charge in [-0.05, 0) is 54.8 Å². The quantitative estimate of drug-likeness (QED) is 0.504. The first kappa shape index (κ1) is 21.2. The second kappa shape index (κ2) is 10.3. The van der Waals surface area contributed by atoms with Crippen LogP contribution in [-0.2, 0) is 17.9 Å². The lowest BCUT2D eigenvalue weighted by molar-refractivity contribution is -0.139. The van der Waals surface area contributed by atoms with Crippen LogP contribution in [0.25, 0.3) is 0 Å². The van der Waals surface area contributed by atoms with Crippen LogP contribution < -0.4 is 9.47 Å². The van der Waals surface area contributed by atoms with E-state index < -0.39 is 0 Å². The van der Waals surface area contributed by atoms with Gasteiger partial charge in [0.25, 0.3) is 0 Å². The molecule has 2 saturated carbocycles. The van der Waals surface area contributed by atoms with Crippen LogP contribution in [0, 0.1) is 5.92 Å². The highest BCUT2D eigenvalue weighted by molar-refractivity contribution is 7.09. The van der Waals surface area contributed by atoms with E-state index in [2.05, 4.69) is 28.5 Å². The molecule has 0 unspecified atom stereocenters. The molecule has 1 aromatic heterocycles.